The van der Waals surface area contributed by atoms with E-state index in [1.54, 1.807) is 12.3 Å². The summed E-state index contributed by atoms with van der Waals surface area (Å²) in [5.41, 5.74) is 1.48. The van der Waals surface area contributed by atoms with Crippen LogP contribution >= 0.6 is 0 Å². The number of carbonyl (C=O) groups is 1. The molecule has 1 amide bonds. The van der Waals surface area contributed by atoms with Gasteiger partial charge in [-0.05, 0) is 26.9 Å². The van der Waals surface area contributed by atoms with E-state index < -0.39 is 0 Å². The first-order chi connectivity index (χ1) is 8.20. The third kappa shape index (κ3) is 2.74. The van der Waals surface area contributed by atoms with Gasteiger partial charge in [0.25, 0.3) is 0 Å². The van der Waals surface area contributed by atoms with Crippen molar-refractivity contribution in [3.63, 3.8) is 0 Å². The Morgan fingerprint density at radius 1 is 1.71 bits per heavy atom. The van der Waals surface area contributed by atoms with Crippen molar-refractivity contribution in [3.8, 4) is 5.75 Å². The molecule has 92 valence electrons. The molecule has 17 heavy (non-hydrogen) atoms. The van der Waals surface area contributed by atoms with E-state index in [-0.39, 0.29) is 0 Å². The van der Waals surface area contributed by atoms with Gasteiger partial charge >= 0.3 is 0 Å². The molecule has 0 bridgehead atoms. The zero-order chi connectivity index (χ0) is 12.3. The predicted octanol–water partition coefficient (Wildman–Crippen LogP) is 1.04. The number of aromatic nitrogens is 1. The average molecular weight is 235 g/mol. The summed E-state index contributed by atoms with van der Waals surface area (Å²) in [6.45, 7) is 3.65. The fourth-order valence-corrected chi connectivity index (χ4v) is 1.78. The highest BCUT2D eigenvalue weighted by Crippen LogP contribution is 2.21. The lowest BCUT2D eigenvalue weighted by Crippen LogP contribution is -2.48. The summed E-state index contributed by atoms with van der Waals surface area (Å²) in [6.07, 6.45) is 3.51. The van der Waals surface area contributed by atoms with E-state index in [1.807, 2.05) is 6.92 Å². The number of aryl methyl sites for hydroxylation is 1. The van der Waals surface area contributed by atoms with Crippen molar-refractivity contribution >= 4 is 12.1 Å². The van der Waals surface area contributed by atoms with Crippen molar-refractivity contribution in [3.05, 3.63) is 18.0 Å². The molecule has 0 aliphatic carbocycles. The standard InChI is InChI=1S/C12H17N3O2/c1-9-12(14-8-16)5-11(6-13-9)17-7-10-3-4-15(10)2/h5-6,8,10H,3-4,7H2,1-2H3,(H,14,16)/t10-/m1/s1. The highest BCUT2D eigenvalue weighted by atomic mass is 16.5. The van der Waals surface area contributed by atoms with Gasteiger partial charge in [0.15, 0.2) is 0 Å². The highest BCUT2D eigenvalue weighted by molar-refractivity contribution is 5.73. The Morgan fingerprint density at radius 3 is 3.12 bits per heavy atom. The van der Waals surface area contributed by atoms with Crippen LogP contribution in [-0.4, -0.2) is 42.5 Å². The number of rotatable bonds is 5. The van der Waals surface area contributed by atoms with Gasteiger partial charge in [0.05, 0.1) is 17.6 Å². The van der Waals surface area contributed by atoms with E-state index in [0.717, 1.165) is 12.2 Å². The minimum atomic E-state index is 0.499. The maximum atomic E-state index is 10.4. The van der Waals surface area contributed by atoms with Gasteiger partial charge in [0.1, 0.15) is 12.4 Å². The van der Waals surface area contributed by atoms with Gasteiger partial charge < -0.3 is 10.1 Å². The number of ether oxygens (including phenoxy) is 1. The first-order valence-electron chi connectivity index (χ1n) is 5.70. The van der Waals surface area contributed by atoms with Crippen molar-refractivity contribution in [1.82, 2.24) is 9.88 Å². The summed E-state index contributed by atoms with van der Waals surface area (Å²) in [6, 6.07) is 2.30. The number of hydrogen-bond acceptors (Lipinski definition) is 4. The molecule has 0 saturated carbocycles. The molecule has 1 saturated heterocycles. The summed E-state index contributed by atoms with van der Waals surface area (Å²) in [5, 5.41) is 2.61. The van der Waals surface area contributed by atoms with E-state index in [1.165, 1.54) is 6.42 Å². The van der Waals surface area contributed by atoms with Crippen molar-refractivity contribution in [2.45, 2.75) is 19.4 Å². The van der Waals surface area contributed by atoms with Gasteiger partial charge in [-0.25, -0.2) is 0 Å². The first-order valence-corrected chi connectivity index (χ1v) is 5.70. The summed E-state index contributed by atoms with van der Waals surface area (Å²) >= 11 is 0. The largest absolute Gasteiger partial charge is 0.490 e. The number of nitrogens with one attached hydrogen (secondary N) is 1. The molecule has 5 heteroatoms. The normalized spacial score (nSPS) is 19.5. The number of anilines is 1. The lowest BCUT2D eigenvalue weighted by atomic mass is 10.1. The van der Waals surface area contributed by atoms with Crippen LogP contribution < -0.4 is 10.1 Å². The molecule has 1 aliphatic rings. The zero-order valence-corrected chi connectivity index (χ0v) is 10.1. The van der Waals surface area contributed by atoms with Gasteiger partial charge in [0, 0.05) is 12.1 Å². The molecular weight excluding hydrogens is 218 g/mol. The smallest absolute Gasteiger partial charge is 0.211 e. The Kier molecular flexibility index (Phi) is 3.58. The minimum Gasteiger partial charge on any atom is -0.490 e. The summed E-state index contributed by atoms with van der Waals surface area (Å²) in [5.74, 6) is 0.695. The van der Waals surface area contributed by atoms with Gasteiger partial charge in [-0.2, -0.15) is 0 Å². The molecule has 1 N–H and O–H groups in total. The Bertz CT molecular complexity index is 409. The van der Waals surface area contributed by atoms with Crippen molar-refractivity contribution in [1.29, 1.82) is 0 Å². The van der Waals surface area contributed by atoms with Crippen LogP contribution in [0.5, 0.6) is 5.75 Å². The van der Waals surface area contributed by atoms with Crippen LogP contribution in [0, 0.1) is 6.92 Å². The number of likely N-dealkylation sites (tertiary alicyclic amines) is 1. The van der Waals surface area contributed by atoms with Crippen LogP contribution in [0.3, 0.4) is 0 Å². The fraction of sp³-hybridized carbons (Fsp3) is 0.500. The molecular formula is C12H17N3O2. The maximum absolute atomic E-state index is 10.4. The average Bonchev–Trinajstić information content (AvgIpc) is 2.32. The minimum absolute atomic E-state index is 0.499. The Morgan fingerprint density at radius 2 is 2.53 bits per heavy atom. The molecule has 0 aromatic carbocycles. The van der Waals surface area contributed by atoms with Gasteiger partial charge in [0.2, 0.25) is 6.41 Å². The molecule has 5 nitrogen and oxygen atoms in total. The quantitative estimate of drug-likeness (QED) is 0.775. The van der Waals surface area contributed by atoms with Crippen molar-refractivity contribution in [2.24, 2.45) is 0 Å². The fourth-order valence-electron chi connectivity index (χ4n) is 1.78. The molecule has 1 aromatic rings. The van der Waals surface area contributed by atoms with Crippen LogP contribution in [0.2, 0.25) is 0 Å². The number of likely N-dealkylation sites (N-methyl/N-ethyl adjacent to an activating group) is 1. The van der Waals surface area contributed by atoms with Crippen LogP contribution in [0.25, 0.3) is 0 Å². The zero-order valence-electron chi connectivity index (χ0n) is 10.1. The monoisotopic (exact) mass is 235 g/mol. The van der Waals surface area contributed by atoms with Gasteiger partial charge in [-0.1, -0.05) is 0 Å². The molecule has 2 rings (SSSR count). The third-order valence-corrected chi connectivity index (χ3v) is 3.16. The molecule has 0 spiro atoms. The number of nitrogens with zero attached hydrogens (tertiary/aromatic N) is 2. The van der Waals surface area contributed by atoms with Gasteiger partial charge in [-0.15, -0.1) is 0 Å². The van der Waals surface area contributed by atoms with E-state index >= 15 is 0 Å². The second kappa shape index (κ2) is 5.14. The third-order valence-electron chi connectivity index (χ3n) is 3.16. The maximum Gasteiger partial charge on any atom is 0.211 e. The van der Waals surface area contributed by atoms with Crippen LogP contribution in [0.4, 0.5) is 5.69 Å². The van der Waals surface area contributed by atoms with E-state index in [2.05, 4.69) is 22.2 Å². The molecule has 1 atom stereocenters. The lowest BCUT2D eigenvalue weighted by Gasteiger charge is -2.37. The molecule has 2 heterocycles. The second-order valence-electron chi connectivity index (χ2n) is 4.30. The Hall–Kier alpha value is -1.62. The number of pyridine rings is 1. The molecule has 1 aromatic heterocycles. The summed E-state index contributed by atoms with van der Waals surface area (Å²) in [4.78, 5) is 16.9. The number of hydrogen-bond donors (Lipinski definition) is 1. The Labute approximate surface area is 101 Å². The lowest BCUT2D eigenvalue weighted by molar-refractivity contribution is -0.105. The number of amides is 1. The highest BCUT2D eigenvalue weighted by Gasteiger charge is 2.24. The van der Waals surface area contributed by atoms with Crippen LogP contribution in [0.1, 0.15) is 12.1 Å². The number of carbonyl (C=O) groups excluding carboxylic acids is 1. The predicted molar refractivity (Wildman–Crippen MR) is 65.2 cm³/mol. The SMILES string of the molecule is Cc1ncc(OC[C@H]2CCN2C)cc1NC=O. The van der Waals surface area contributed by atoms with Gasteiger partial charge in [-0.3, -0.25) is 14.7 Å². The topological polar surface area (TPSA) is 54.5 Å². The van der Waals surface area contributed by atoms with Crippen molar-refractivity contribution < 1.29 is 9.53 Å². The first kappa shape index (κ1) is 11.9. The van der Waals surface area contributed by atoms with E-state index in [4.69, 9.17) is 4.74 Å². The summed E-state index contributed by atoms with van der Waals surface area (Å²) < 4.78 is 5.66. The van der Waals surface area contributed by atoms with E-state index in [0.29, 0.717) is 30.5 Å². The Balaban J connectivity index is 1.95. The van der Waals surface area contributed by atoms with E-state index in [9.17, 15) is 4.79 Å². The second-order valence-corrected chi connectivity index (χ2v) is 4.30. The molecule has 0 unspecified atom stereocenters. The van der Waals surface area contributed by atoms with Crippen molar-refractivity contribution in [2.75, 3.05) is 25.5 Å². The summed E-state index contributed by atoms with van der Waals surface area (Å²) in [7, 11) is 2.09. The van der Waals surface area contributed by atoms with Crippen LogP contribution in [0.15, 0.2) is 12.3 Å². The molecule has 1 aliphatic heterocycles. The molecule has 1 fully saturated rings. The van der Waals surface area contributed by atoms with Crippen LogP contribution in [-0.2, 0) is 4.79 Å². The molecule has 0 radical (unpaired) electrons.